The minimum atomic E-state index is -1.41. The highest BCUT2D eigenvalue weighted by atomic mass is 16.7. The Labute approximate surface area is 266 Å². The molecule has 1 aliphatic heterocycles. The van der Waals surface area contributed by atoms with Crippen molar-refractivity contribution in [3.8, 4) is 11.1 Å². The number of carbonyl (C=O) groups is 5. The SMILES string of the molecule is C=CCOC(=O)[C@H](CO[C@@H]1O[C@@H](C)[C@@H](OC(C)=O)[C@@H](OC(C)=O)[C@@H]1OC(C)=O)NC(=O)OCC1c2ccccc2-c2ccccc21. The highest BCUT2D eigenvalue weighted by molar-refractivity contribution is 5.82. The summed E-state index contributed by atoms with van der Waals surface area (Å²) in [5.74, 6) is -3.28. The average Bonchev–Trinajstić information content (AvgIpc) is 3.33. The van der Waals surface area contributed by atoms with E-state index in [2.05, 4.69) is 11.9 Å². The molecule has 1 fully saturated rings. The van der Waals surface area contributed by atoms with Gasteiger partial charge in [0.2, 0.25) is 0 Å². The molecule has 0 aromatic heterocycles. The third kappa shape index (κ3) is 8.29. The summed E-state index contributed by atoms with van der Waals surface area (Å²) in [6.45, 7) is 7.80. The molecule has 1 aliphatic carbocycles. The molecule has 0 unspecified atom stereocenters. The Balaban J connectivity index is 1.48. The summed E-state index contributed by atoms with van der Waals surface area (Å²) in [6.07, 6.45) is -5.71. The minimum absolute atomic E-state index is 0.00544. The number of carbonyl (C=O) groups excluding carboxylic acids is 5. The van der Waals surface area contributed by atoms with E-state index in [1.165, 1.54) is 13.0 Å². The predicted octanol–water partition coefficient (Wildman–Crippen LogP) is 3.18. The number of esters is 4. The molecule has 1 N–H and O–H groups in total. The maximum Gasteiger partial charge on any atom is 0.407 e. The van der Waals surface area contributed by atoms with Crippen molar-refractivity contribution in [3.63, 3.8) is 0 Å². The quantitative estimate of drug-likeness (QED) is 0.205. The Morgan fingerprint density at radius 1 is 0.826 bits per heavy atom. The first-order valence-corrected chi connectivity index (χ1v) is 14.7. The van der Waals surface area contributed by atoms with Crippen molar-refractivity contribution < 1.29 is 57.1 Å². The van der Waals surface area contributed by atoms with Crippen molar-refractivity contribution in [2.24, 2.45) is 0 Å². The van der Waals surface area contributed by atoms with Crippen LogP contribution in [0.5, 0.6) is 0 Å². The van der Waals surface area contributed by atoms with Gasteiger partial charge in [0.1, 0.15) is 13.2 Å². The number of amides is 1. The summed E-state index contributed by atoms with van der Waals surface area (Å²) in [4.78, 5) is 61.7. The second-order valence-corrected chi connectivity index (χ2v) is 10.7. The van der Waals surface area contributed by atoms with Crippen LogP contribution in [-0.4, -0.2) is 86.5 Å². The summed E-state index contributed by atoms with van der Waals surface area (Å²) < 4.78 is 38.5. The van der Waals surface area contributed by atoms with Gasteiger partial charge in [-0.15, -0.1) is 0 Å². The first-order chi connectivity index (χ1) is 22.0. The zero-order valence-electron chi connectivity index (χ0n) is 26.0. The number of alkyl carbamates (subject to hydrolysis) is 1. The number of rotatable bonds is 12. The van der Waals surface area contributed by atoms with E-state index in [1.54, 1.807) is 0 Å². The second-order valence-electron chi connectivity index (χ2n) is 10.7. The van der Waals surface area contributed by atoms with Crippen LogP contribution >= 0.6 is 0 Å². The molecule has 0 radical (unpaired) electrons. The van der Waals surface area contributed by atoms with Crippen molar-refractivity contribution in [2.75, 3.05) is 19.8 Å². The fraction of sp³-hybridized carbons (Fsp3) is 0.424. The van der Waals surface area contributed by atoms with Crippen LogP contribution in [0.15, 0.2) is 61.2 Å². The lowest BCUT2D eigenvalue weighted by Crippen LogP contribution is -2.61. The number of ether oxygens (including phenoxy) is 7. The number of hydrogen-bond acceptors (Lipinski definition) is 12. The van der Waals surface area contributed by atoms with E-state index in [1.807, 2.05) is 48.5 Å². The molecule has 6 atom stereocenters. The Hall–Kier alpha value is -4.75. The first kappa shape index (κ1) is 34.1. The summed E-state index contributed by atoms with van der Waals surface area (Å²) in [6, 6.07) is 14.3. The normalized spacial score (nSPS) is 22.3. The van der Waals surface area contributed by atoms with E-state index in [0.717, 1.165) is 43.0 Å². The minimum Gasteiger partial charge on any atom is -0.460 e. The van der Waals surface area contributed by atoms with Crippen LogP contribution < -0.4 is 5.32 Å². The van der Waals surface area contributed by atoms with Gasteiger partial charge in [-0.25, -0.2) is 9.59 Å². The lowest BCUT2D eigenvalue weighted by atomic mass is 9.98. The lowest BCUT2D eigenvalue weighted by Gasteiger charge is -2.43. The number of fused-ring (bicyclic) bond motifs is 3. The molecule has 0 bridgehead atoms. The first-order valence-electron chi connectivity index (χ1n) is 14.7. The van der Waals surface area contributed by atoms with E-state index in [0.29, 0.717) is 0 Å². The second kappa shape index (κ2) is 15.5. The monoisotopic (exact) mass is 639 g/mol. The van der Waals surface area contributed by atoms with Crippen molar-refractivity contribution >= 4 is 30.0 Å². The van der Waals surface area contributed by atoms with Gasteiger partial charge in [-0.1, -0.05) is 61.2 Å². The molecule has 0 spiro atoms. The van der Waals surface area contributed by atoms with Gasteiger partial charge in [0.15, 0.2) is 30.6 Å². The van der Waals surface area contributed by atoms with Crippen molar-refractivity contribution in [1.29, 1.82) is 0 Å². The van der Waals surface area contributed by atoms with Crippen LogP contribution in [0.1, 0.15) is 44.7 Å². The number of hydrogen-bond donors (Lipinski definition) is 1. The summed E-state index contributed by atoms with van der Waals surface area (Å²) in [5.41, 5.74) is 4.13. The fourth-order valence-corrected chi connectivity index (χ4v) is 5.49. The number of nitrogens with one attached hydrogen (secondary N) is 1. The van der Waals surface area contributed by atoms with E-state index in [-0.39, 0.29) is 19.1 Å². The fourth-order valence-electron chi connectivity index (χ4n) is 5.49. The van der Waals surface area contributed by atoms with E-state index >= 15 is 0 Å². The lowest BCUT2D eigenvalue weighted by molar-refractivity contribution is -0.301. The van der Waals surface area contributed by atoms with Gasteiger partial charge in [0, 0.05) is 26.7 Å². The highest BCUT2D eigenvalue weighted by Gasteiger charge is 2.51. The van der Waals surface area contributed by atoms with Crippen molar-refractivity contribution in [3.05, 3.63) is 72.3 Å². The molecule has 2 aromatic carbocycles. The van der Waals surface area contributed by atoms with Crippen LogP contribution in [0.4, 0.5) is 4.79 Å². The molecule has 13 nitrogen and oxygen atoms in total. The standard InChI is InChI=1S/C33H37NO12/c1-6-15-40-31(38)27(34-33(39)42-16-26-24-13-9-7-11-22(24)23-12-8-10-14-25(23)26)17-41-32-30(46-21(5)37)29(45-20(4)36)28(18(2)43-32)44-19(3)35/h6-14,18,26-30,32H,1,15-17H2,2-5H3,(H,34,39)/t18-,27-,28+,29+,30-,32+/m0/s1. The van der Waals surface area contributed by atoms with Crippen LogP contribution in [0.3, 0.4) is 0 Å². The van der Waals surface area contributed by atoms with E-state index in [4.69, 9.17) is 33.2 Å². The van der Waals surface area contributed by atoms with E-state index in [9.17, 15) is 24.0 Å². The van der Waals surface area contributed by atoms with Crippen molar-refractivity contribution in [1.82, 2.24) is 5.32 Å². The Morgan fingerprint density at radius 3 is 1.93 bits per heavy atom. The van der Waals surface area contributed by atoms with Gasteiger partial charge in [-0.2, -0.15) is 0 Å². The van der Waals surface area contributed by atoms with Crippen LogP contribution in [-0.2, 0) is 52.3 Å². The Bertz CT molecular complexity index is 1410. The molecular formula is C33H37NO12. The molecule has 1 amide bonds. The zero-order valence-corrected chi connectivity index (χ0v) is 26.0. The topological polar surface area (TPSA) is 162 Å². The summed E-state index contributed by atoms with van der Waals surface area (Å²) in [5, 5.41) is 2.47. The predicted molar refractivity (Wildman–Crippen MR) is 160 cm³/mol. The molecule has 0 saturated carbocycles. The molecule has 2 aromatic rings. The average molecular weight is 640 g/mol. The molecule has 13 heteroatoms. The Kier molecular flexibility index (Phi) is 11.5. The molecule has 4 rings (SSSR count). The molecular weight excluding hydrogens is 602 g/mol. The summed E-state index contributed by atoms with van der Waals surface area (Å²) in [7, 11) is 0. The van der Waals surface area contributed by atoms with Gasteiger partial charge in [0.05, 0.1) is 12.7 Å². The van der Waals surface area contributed by atoms with Gasteiger partial charge in [-0.3, -0.25) is 14.4 Å². The van der Waals surface area contributed by atoms with Crippen LogP contribution in [0, 0.1) is 0 Å². The van der Waals surface area contributed by atoms with Crippen LogP contribution in [0.25, 0.3) is 11.1 Å². The van der Waals surface area contributed by atoms with Crippen molar-refractivity contribution in [2.45, 2.75) is 70.4 Å². The maximum atomic E-state index is 13.0. The smallest absolute Gasteiger partial charge is 0.407 e. The molecule has 2 aliphatic rings. The van der Waals surface area contributed by atoms with Gasteiger partial charge < -0.3 is 38.5 Å². The van der Waals surface area contributed by atoms with Gasteiger partial charge in [0.25, 0.3) is 0 Å². The molecule has 1 heterocycles. The zero-order chi connectivity index (χ0) is 33.4. The van der Waals surface area contributed by atoms with E-state index < -0.39 is 73.3 Å². The summed E-state index contributed by atoms with van der Waals surface area (Å²) >= 11 is 0. The molecule has 1 saturated heterocycles. The van der Waals surface area contributed by atoms with Gasteiger partial charge >= 0.3 is 30.0 Å². The third-order valence-electron chi connectivity index (χ3n) is 7.32. The third-order valence-corrected chi connectivity index (χ3v) is 7.32. The number of benzene rings is 2. The highest BCUT2D eigenvalue weighted by Crippen LogP contribution is 2.44. The largest absolute Gasteiger partial charge is 0.460 e. The molecule has 246 valence electrons. The Morgan fingerprint density at radius 2 is 1.37 bits per heavy atom. The van der Waals surface area contributed by atoms with Gasteiger partial charge in [-0.05, 0) is 29.2 Å². The molecule has 46 heavy (non-hydrogen) atoms. The van der Waals surface area contributed by atoms with Crippen LogP contribution in [0.2, 0.25) is 0 Å². The maximum absolute atomic E-state index is 13.0.